The second kappa shape index (κ2) is 7.44. The van der Waals surface area contributed by atoms with Crippen LogP contribution in [0, 0.1) is 0 Å². The number of aryl methyl sites for hydroxylation is 1. The quantitative estimate of drug-likeness (QED) is 0.616. The van der Waals surface area contributed by atoms with Crippen LogP contribution < -0.4 is 22.3 Å². The Hall–Kier alpha value is -2.58. The lowest BCUT2D eigenvalue weighted by Gasteiger charge is -2.29. The van der Waals surface area contributed by atoms with Gasteiger partial charge in [0, 0.05) is 24.2 Å². The maximum atomic E-state index is 12.6. The number of nitrogens with one attached hydrogen (secondary N) is 2. The van der Waals surface area contributed by atoms with Gasteiger partial charge in [-0.1, -0.05) is 42.6 Å². The summed E-state index contributed by atoms with van der Waals surface area (Å²) >= 11 is 6.34. The summed E-state index contributed by atoms with van der Waals surface area (Å²) < 4.78 is 3.11. The number of rotatable bonds is 4. The number of hydrogen-bond donors (Lipinski definition) is 3. The standard InChI is InChI=1S/C19H23ClN6O2/c1-25-16-15(17(27)24-19(25)28)26(10-11-6-2-3-7-12(11)20)18(23-16)22-14-9-5-4-8-13(14)21/h2-3,6-7,13-14H,4-5,8-10,21H2,1H3,(H,22,23)(H,24,27,28)/t13?,14-/m0/s1. The largest absolute Gasteiger partial charge is 0.351 e. The number of nitrogens with zero attached hydrogens (tertiary/aromatic N) is 3. The molecule has 4 N–H and O–H groups in total. The zero-order chi connectivity index (χ0) is 19.8. The van der Waals surface area contributed by atoms with E-state index in [-0.39, 0.29) is 12.1 Å². The van der Waals surface area contributed by atoms with Crippen molar-refractivity contribution in [1.82, 2.24) is 19.1 Å². The molecule has 2 heterocycles. The highest BCUT2D eigenvalue weighted by Crippen LogP contribution is 2.25. The maximum Gasteiger partial charge on any atom is 0.329 e. The van der Waals surface area contributed by atoms with Crippen molar-refractivity contribution in [2.45, 2.75) is 44.3 Å². The Labute approximate surface area is 166 Å². The first-order valence-corrected chi connectivity index (χ1v) is 9.78. The van der Waals surface area contributed by atoms with Gasteiger partial charge in [-0.05, 0) is 24.5 Å². The molecule has 0 saturated heterocycles. The van der Waals surface area contributed by atoms with Gasteiger partial charge >= 0.3 is 5.69 Å². The Kier molecular flexibility index (Phi) is 4.99. The van der Waals surface area contributed by atoms with E-state index in [2.05, 4.69) is 15.3 Å². The molecule has 0 bridgehead atoms. The van der Waals surface area contributed by atoms with Crippen LogP contribution >= 0.6 is 11.6 Å². The van der Waals surface area contributed by atoms with Crippen LogP contribution in [0.3, 0.4) is 0 Å². The monoisotopic (exact) mass is 402 g/mol. The Bertz CT molecular complexity index is 1130. The van der Waals surface area contributed by atoms with Gasteiger partial charge in [-0.25, -0.2) is 4.79 Å². The van der Waals surface area contributed by atoms with Crippen LogP contribution in [0.1, 0.15) is 31.2 Å². The first kappa shape index (κ1) is 18.8. The van der Waals surface area contributed by atoms with E-state index in [1.54, 1.807) is 17.7 Å². The van der Waals surface area contributed by atoms with E-state index in [9.17, 15) is 9.59 Å². The molecule has 1 aliphatic carbocycles. The average molecular weight is 403 g/mol. The number of hydrogen-bond acceptors (Lipinski definition) is 5. The Balaban J connectivity index is 1.86. The number of aromatic nitrogens is 4. The van der Waals surface area contributed by atoms with Crippen LogP contribution in [0.15, 0.2) is 33.9 Å². The molecule has 9 heteroatoms. The molecule has 2 atom stereocenters. The molecule has 2 aromatic heterocycles. The minimum Gasteiger partial charge on any atom is -0.351 e. The van der Waals surface area contributed by atoms with Gasteiger partial charge in [0.15, 0.2) is 11.2 Å². The van der Waals surface area contributed by atoms with Crippen LogP contribution in [0.2, 0.25) is 5.02 Å². The normalized spacial score (nSPS) is 19.8. The third-order valence-corrected chi connectivity index (χ3v) is 5.80. The van der Waals surface area contributed by atoms with Gasteiger partial charge in [0.1, 0.15) is 0 Å². The average Bonchev–Trinajstić information content (AvgIpc) is 3.02. The molecule has 3 aromatic rings. The summed E-state index contributed by atoms with van der Waals surface area (Å²) in [5.74, 6) is 0.518. The molecule has 1 aromatic carbocycles. The Morgan fingerprint density at radius 1 is 1.29 bits per heavy atom. The Morgan fingerprint density at radius 2 is 2.04 bits per heavy atom. The van der Waals surface area contributed by atoms with Gasteiger partial charge in [-0.2, -0.15) is 4.98 Å². The summed E-state index contributed by atoms with van der Waals surface area (Å²) in [4.78, 5) is 31.6. The zero-order valence-corrected chi connectivity index (χ0v) is 16.4. The number of imidazole rings is 1. The molecule has 1 saturated carbocycles. The van der Waals surface area contributed by atoms with Crippen molar-refractivity contribution in [1.29, 1.82) is 0 Å². The third kappa shape index (κ3) is 3.33. The number of nitrogens with two attached hydrogens (primary N) is 1. The number of H-pyrrole nitrogens is 1. The van der Waals surface area contributed by atoms with Gasteiger partial charge in [-0.3, -0.25) is 18.9 Å². The number of anilines is 1. The second-order valence-corrected chi connectivity index (χ2v) is 7.71. The molecule has 1 unspecified atom stereocenters. The summed E-state index contributed by atoms with van der Waals surface area (Å²) in [6, 6.07) is 7.54. The van der Waals surface area contributed by atoms with Gasteiger partial charge in [-0.15, -0.1) is 0 Å². The fourth-order valence-corrected chi connectivity index (χ4v) is 4.00. The third-order valence-electron chi connectivity index (χ3n) is 5.43. The second-order valence-electron chi connectivity index (χ2n) is 7.30. The van der Waals surface area contributed by atoms with E-state index in [1.165, 1.54) is 4.57 Å². The van der Waals surface area contributed by atoms with Crippen LogP contribution in [0.4, 0.5) is 5.95 Å². The van der Waals surface area contributed by atoms with Crippen molar-refractivity contribution in [2.75, 3.05) is 5.32 Å². The molecule has 28 heavy (non-hydrogen) atoms. The minimum atomic E-state index is -0.499. The smallest absolute Gasteiger partial charge is 0.329 e. The number of aromatic amines is 1. The van der Waals surface area contributed by atoms with E-state index in [0.29, 0.717) is 28.7 Å². The molecule has 8 nitrogen and oxygen atoms in total. The molecular weight excluding hydrogens is 380 g/mol. The molecule has 1 aliphatic rings. The predicted octanol–water partition coefficient (Wildman–Crippen LogP) is 1.81. The van der Waals surface area contributed by atoms with E-state index >= 15 is 0 Å². The highest BCUT2D eigenvalue weighted by Gasteiger charge is 2.25. The van der Waals surface area contributed by atoms with Crippen LogP contribution in [-0.4, -0.2) is 31.2 Å². The molecule has 4 rings (SSSR count). The summed E-state index contributed by atoms with van der Waals surface area (Å²) in [5, 5.41) is 4.02. The van der Waals surface area contributed by atoms with Gasteiger partial charge < -0.3 is 11.1 Å². The minimum absolute atomic E-state index is 0.0180. The van der Waals surface area contributed by atoms with Crippen molar-refractivity contribution in [3.63, 3.8) is 0 Å². The summed E-state index contributed by atoms with van der Waals surface area (Å²) in [6.07, 6.45) is 4.09. The van der Waals surface area contributed by atoms with E-state index in [1.807, 2.05) is 18.2 Å². The number of halogens is 1. The van der Waals surface area contributed by atoms with Crippen molar-refractivity contribution < 1.29 is 0 Å². The molecular formula is C19H23ClN6O2. The molecule has 148 valence electrons. The van der Waals surface area contributed by atoms with Gasteiger partial charge in [0.2, 0.25) is 5.95 Å². The van der Waals surface area contributed by atoms with Gasteiger partial charge in [0.05, 0.1) is 6.54 Å². The maximum absolute atomic E-state index is 12.6. The lowest BCUT2D eigenvalue weighted by molar-refractivity contribution is 0.401. The van der Waals surface area contributed by atoms with Crippen molar-refractivity contribution >= 4 is 28.7 Å². The molecule has 0 aliphatic heterocycles. The first-order chi connectivity index (χ1) is 13.5. The highest BCUT2D eigenvalue weighted by atomic mass is 35.5. The SMILES string of the molecule is Cn1c(=O)[nH]c(=O)c2c1nc(N[C@H]1CCCCC1N)n2Cc1ccccc1Cl. The topological polar surface area (TPSA) is 111 Å². The van der Waals surface area contributed by atoms with E-state index in [0.717, 1.165) is 31.2 Å². The Morgan fingerprint density at radius 3 is 2.79 bits per heavy atom. The summed E-state index contributed by atoms with van der Waals surface area (Å²) in [5.41, 5.74) is 6.82. The fraction of sp³-hybridized carbons (Fsp3) is 0.421. The van der Waals surface area contributed by atoms with Crippen LogP contribution in [-0.2, 0) is 13.6 Å². The molecule has 0 spiro atoms. The fourth-order valence-electron chi connectivity index (χ4n) is 3.80. The molecule has 0 radical (unpaired) electrons. The first-order valence-electron chi connectivity index (χ1n) is 9.41. The number of fused-ring (bicyclic) bond motifs is 1. The lowest BCUT2D eigenvalue weighted by Crippen LogP contribution is -2.43. The zero-order valence-electron chi connectivity index (χ0n) is 15.6. The van der Waals surface area contributed by atoms with Crippen LogP contribution in [0.5, 0.6) is 0 Å². The van der Waals surface area contributed by atoms with E-state index in [4.69, 9.17) is 17.3 Å². The van der Waals surface area contributed by atoms with Crippen LogP contribution in [0.25, 0.3) is 11.2 Å². The predicted molar refractivity (Wildman–Crippen MR) is 110 cm³/mol. The van der Waals surface area contributed by atoms with Crippen molar-refractivity contribution in [2.24, 2.45) is 12.8 Å². The molecule has 0 amide bonds. The summed E-state index contributed by atoms with van der Waals surface area (Å²) in [6.45, 7) is 0.349. The van der Waals surface area contributed by atoms with E-state index < -0.39 is 11.2 Å². The number of benzene rings is 1. The van der Waals surface area contributed by atoms with Crippen molar-refractivity contribution in [3.8, 4) is 0 Å². The summed E-state index contributed by atoms with van der Waals surface area (Å²) in [7, 11) is 1.59. The van der Waals surface area contributed by atoms with Crippen molar-refractivity contribution in [3.05, 3.63) is 55.7 Å². The van der Waals surface area contributed by atoms with Gasteiger partial charge in [0.25, 0.3) is 5.56 Å². The lowest BCUT2D eigenvalue weighted by atomic mass is 9.91. The molecule has 1 fully saturated rings. The highest BCUT2D eigenvalue weighted by molar-refractivity contribution is 6.31.